The molecule has 1 saturated heterocycles. The van der Waals surface area contributed by atoms with Gasteiger partial charge in [0.1, 0.15) is 5.82 Å². The van der Waals surface area contributed by atoms with Gasteiger partial charge in [0.25, 0.3) is 0 Å². The Morgan fingerprint density at radius 3 is 3.20 bits per heavy atom. The molecule has 0 aliphatic carbocycles. The second-order valence-electron chi connectivity index (χ2n) is 3.88. The van der Waals surface area contributed by atoms with Crippen molar-refractivity contribution in [1.29, 1.82) is 0 Å². The number of likely N-dealkylation sites (N-methyl/N-ethyl adjacent to an activating group) is 1. The van der Waals surface area contributed by atoms with E-state index in [0.717, 1.165) is 23.4 Å². The van der Waals surface area contributed by atoms with Gasteiger partial charge in [-0.15, -0.1) is 0 Å². The maximum atomic E-state index is 4.42. The molecule has 1 aromatic heterocycles. The first-order valence-corrected chi connectivity index (χ1v) is 6.13. The van der Waals surface area contributed by atoms with Crippen LogP contribution in [0.2, 0.25) is 0 Å². The molecule has 1 atom stereocenters. The molecule has 4 heteroatoms. The number of rotatable bonds is 2. The minimum absolute atomic E-state index is 0.590. The highest BCUT2D eigenvalue weighted by atomic mass is 79.9. The normalized spacial score (nSPS) is 21.7. The van der Waals surface area contributed by atoms with Crippen molar-refractivity contribution in [3.63, 3.8) is 0 Å². The molecule has 0 spiro atoms. The van der Waals surface area contributed by atoms with Gasteiger partial charge in [-0.1, -0.05) is 0 Å². The van der Waals surface area contributed by atoms with E-state index in [1.165, 1.54) is 12.8 Å². The summed E-state index contributed by atoms with van der Waals surface area (Å²) in [6.45, 7) is 2.15. The molecule has 3 nitrogen and oxygen atoms in total. The van der Waals surface area contributed by atoms with Crippen LogP contribution in [0.5, 0.6) is 0 Å². The van der Waals surface area contributed by atoms with Gasteiger partial charge in [0.15, 0.2) is 0 Å². The van der Waals surface area contributed by atoms with Crippen LogP contribution in [0.25, 0.3) is 0 Å². The molecule has 0 saturated carbocycles. The average molecular weight is 270 g/mol. The first-order valence-electron chi connectivity index (χ1n) is 5.34. The molecule has 1 aliphatic rings. The maximum Gasteiger partial charge on any atom is 0.142 e. The largest absolute Gasteiger partial charge is 0.354 e. The number of piperidine rings is 1. The Labute approximate surface area is 99.0 Å². The third-order valence-electron chi connectivity index (χ3n) is 2.87. The zero-order chi connectivity index (χ0) is 10.7. The Morgan fingerprint density at radius 1 is 1.60 bits per heavy atom. The standard InChI is InChI=1S/C11H16BrN3/c1-13-9-4-3-7-15(8-9)11-10(12)5-2-6-14-11/h2,5-6,9,13H,3-4,7-8H2,1H3. The summed E-state index contributed by atoms with van der Waals surface area (Å²) < 4.78 is 1.08. The summed E-state index contributed by atoms with van der Waals surface area (Å²) in [7, 11) is 2.03. The van der Waals surface area contributed by atoms with E-state index in [9.17, 15) is 0 Å². The molecule has 0 aromatic carbocycles. The Bertz CT molecular complexity index is 329. The summed E-state index contributed by atoms with van der Waals surface area (Å²) in [5, 5.41) is 3.34. The molecule has 1 aromatic rings. The molecule has 0 amide bonds. The lowest BCUT2D eigenvalue weighted by Crippen LogP contribution is -2.44. The first kappa shape index (κ1) is 10.9. The molecule has 0 radical (unpaired) electrons. The minimum atomic E-state index is 0.590. The van der Waals surface area contributed by atoms with E-state index < -0.39 is 0 Å². The summed E-state index contributed by atoms with van der Waals surface area (Å²) >= 11 is 3.55. The molecule has 1 fully saturated rings. The number of pyridine rings is 1. The van der Waals surface area contributed by atoms with E-state index in [-0.39, 0.29) is 0 Å². The van der Waals surface area contributed by atoms with E-state index in [1.54, 1.807) is 0 Å². The Hall–Kier alpha value is -0.610. The predicted octanol–water partition coefficient (Wildman–Crippen LogP) is 2.03. The smallest absolute Gasteiger partial charge is 0.142 e. The molecule has 1 N–H and O–H groups in total. The molecule has 82 valence electrons. The van der Waals surface area contributed by atoms with Crippen LogP contribution in [0.4, 0.5) is 5.82 Å². The summed E-state index contributed by atoms with van der Waals surface area (Å²) in [6.07, 6.45) is 4.34. The van der Waals surface area contributed by atoms with Crippen LogP contribution in [0.3, 0.4) is 0 Å². The second-order valence-corrected chi connectivity index (χ2v) is 4.74. The van der Waals surface area contributed by atoms with Crippen LogP contribution in [0.15, 0.2) is 22.8 Å². The van der Waals surface area contributed by atoms with Gasteiger partial charge in [-0.2, -0.15) is 0 Å². The molecule has 1 unspecified atom stereocenters. The number of hydrogen-bond acceptors (Lipinski definition) is 3. The number of anilines is 1. The third-order valence-corrected chi connectivity index (χ3v) is 3.49. The number of hydrogen-bond donors (Lipinski definition) is 1. The van der Waals surface area contributed by atoms with Crippen molar-refractivity contribution in [3.05, 3.63) is 22.8 Å². The number of aromatic nitrogens is 1. The van der Waals surface area contributed by atoms with Crippen molar-refractivity contribution in [2.45, 2.75) is 18.9 Å². The average Bonchev–Trinajstić information content (AvgIpc) is 2.30. The van der Waals surface area contributed by atoms with Crippen LogP contribution < -0.4 is 10.2 Å². The first-order chi connectivity index (χ1) is 7.31. The third kappa shape index (κ3) is 2.49. The van der Waals surface area contributed by atoms with Crippen molar-refractivity contribution >= 4 is 21.7 Å². The van der Waals surface area contributed by atoms with Gasteiger partial charge in [-0.05, 0) is 48.0 Å². The summed E-state index contributed by atoms with van der Waals surface area (Å²) in [4.78, 5) is 6.76. The highest BCUT2D eigenvalue weighted by molar-refractivity contribution is 9.10. The fraction of sp³-hybridized carbons (Fsp3) is 0.545. The molecular weight excluding hydrogens is 254 g/mol. The van der Waals surface area contributed by atoms with E-state index >= 15 is 0 Å². The van der Waals surface area contributed by atoms with Crippen molar-refractivity contribution in [2.24, 2.45) is 0 Å². The van der Waals surface area contributed by atoms with Gasteiger partial charge >= 0.3 is 0 Å². The topological polar surface area (TPSA) is 28.2 Å². The lowest BCUT2D eigenvalue weighted by Gasteiger charge is -2.33. The zero-order valence-electron chi connectivity index (χ0n) is 8.91. The van der Waals surface area contributed by atoms with E-state index in [2.05, 4.69) is 31.1 Å². The minimum Gasteiger partial charge on any atom is -0.354 e. The van der Waals surface area contributed by atoms with E-state index in [1.807, 2.05) is 25.4 Å². The van der Waals surface area contributed by atoms with Gasteiger partial charge in [0.05, 0.1) is 4.47 Å². The summed E-state index contributed by atoms with van der Waals surface area (Å²) in [5.74, 6) is 1.07. The van der Waals surface area contributed by atoms with E-state index in [4.69, 9.17) is 0 Å². The zero-order valence-corrected chi connectivity index (χ0v) is 10.5. The van der Waals surface area contributed by atoms with Crippen LogP contribution in [-0.4, -0.2) is 31.2 Å². The lowest BCUT2D eigenvalue weighted by molar-refractivity contribution is 0.447. The molecule has 2 rings (SSSR count). The molecular formula is C11H16BrN3. The highest BCUT2D eigenvalue weighted by Crippen LogP contribution is 2.25. The van der Waals surface area contributed by atoms with Crippen LogP contribution in [-0.2, 0) is 0 Å². The van der Waals surface area contributed by atoms with Crippen LogP contribution >= 0.6 is 15.9 Å². The number of nitrogens with one attached hydrogen (secondary N) is 1. The van der Waals surface area contributed by atoms with Gasteiger partial charge < -0.3 is 10.2 Å². The van der Waals surface area contributed by atoms with Crippen molar-refractivity contribution in [1.82, 2.24) is 10.3 Å². The number of halogens is 1. The molecule has 2 heterocycles. The van der Waals surface area contributed by atoms with Crippen molar-refractivity contribution in [3.8, 4) is 0 Å². The fourth-order valence-electron chi connectivity index (χ4n) is 2.02. The SMILES string of the molecule is CNC1CCCN(c2ncccc2Br)C1. The van der Waals surface area contributed by atoms with Gasteiger partial charge in [0, 0.05) is 25.3 Å². The molecule has 1 aliphatic heterocycles. The summed E-state index contributed by atoms with van der Waals surface area (Å²) in [5.41, 5.74) is 0. The second kappa shape index (κ2) is 4.94. The highest BCUT2D eigenvalue weighted by Gasteiger charge is 2.20. The van der Waals surface area contributed by atoms with Crippen molar-refractivity contribution in [2.75, 3.05) is 25.0 Å². The molecule has 15 heavy (non-hydrogen) atoms. The Morgan fingerprint density at radius 2 is 2.47 bits per heavy atom. The molecule has 0 bridgehead atoms. The quantitative estimate of drug-likeness (QED) is 0.891. The van der Waals surface area contributed by atoms with Crippen LogP contribution in [0, 0.1) is 0 Å². The Kier molecular flexibility index (Phi) is 3.59. The van der Waals surface area contributed by atoms with Gasteiger partial charge in [-0.25, -0.2) is 4.98 Å². The fourth-order valence-corrected chi connectivity index (χ4v) is 2.52. The van der Waals surface area contributed by atoms with Gasteiger partial charge in [-0.3, -0.25) is 0 Å². The lowest BCUT2D eigenvalue weighted by atomic mass is 10.1. The van der Waals surface area contributed by atoms with Gasteiger partial charge in [0.2, 0.25) is 0 Å². The number of nitrogens with zero attached hydrogens (tertiary/aromatic N) is 2. The van der Waals surface area contributed by atoms with Crippen molar-refractivity contribution < 1.29 is 0 Å². The monoisotopic (exact) mass is 269 g/mol. The Balaban J connectivity index is 2.13. The van der Waals surface area contributed by atoms with Crippen LogP contribution in [0.1, 0.15) is 12.8 Å². The van der Waals surface area contributed by atoms with E-state index in [0.29, 0.717) is 6.04 Å². The summed E-state index contributed by atoms with van der Waals surface area (Å²) in [6, 6.07) is 4.59. The predicted molar refractivity (Wildman–Crippen MR) is 66.2 cm³/mol. The maximum absolute atomic E-state index is 4.42.